The van der Waals surface area contributed by atoms with E-state index in [4.69, 9.17) is 32.9 Å². The minimum Gasteiger partial charge on any atom is -0.451 e. The highest BCUT2D eigenvalue weighted by molar-refractivity contribution is 6.33. The second kappa shape index (κ2) is 11.3. The van der Waals surface area contributed by atoms with E-state index in [-0.39, 0.29) is 12.0 Å². The highest BCUT2D eigenvalue weighted by atomic mass is 35.5. The minimum absolute atomic E-state index is 0.0997. The summed E-state index contributed by atoms with van der Waals surface area (Å²) in [5.74, 6) is 1.16. The fourth-order valence-corrected chi connectivity index (χ4v) is 6.04. The van der Waals surface area contributed by atoms with Crippen molar-refractivity contribution in [2.75, 3.05) is 44.7 Å². The fourth-order valence-electron chi connectivity index (χ4n) is 5.60. The summed E-state index contributed by atoms with van der Waals surface area (Å²) in [5, 5.41) is 7.27. The van der Waals surface area contributed by atoms with Gasteiger partial charge in [-0.2, -0.15) is 0 Å². The highest BCUT2D eigenvalue weighted by Gasteiger charge is 2.34. The van der Waals surface area contributed by atoms with Crippen molar-refractivity contribution in [1.82, 2.24) is 19.8 Å². The third-order valence-corrected chi connectivity index (χ3v) is 8.37. The number of hydrogen-bond donors (Lipinski definition) is 0. The monoisotopic (exact) mass is 548 g/mol. The molecule has 0 spiro atoms. The number of rotatable bonds is 6. The average Bonchev–Trinajstić information content (AvgIpc) is 3.23. The van der Waals surface area contributed by atoms with Crippen LogP contribution in [0.2, 0.25) is 10.0 Å². The SMILES string of the molecule is CC[C@H]1CN(c2ncc(C3=NN(C)C(C)O3)cc2Cl)CCN1C1CCN(Cc2ccc(Cl)cc2F)CC1. The number of aromatic nitrogens is 1. The van der Waals surface area contributed by atoms with Crippen molar-refractivity contribution in [3.63, 3.8) is 0 Å². The van der Waals surface area contributed by atoms with Crippen molar-refractivity contribution in [3.05, 3.63) is 57.5 Å². The molecule has 1 aromatic heterocycles. The van der Waals surface area contributed by atoms with Crippen molar-refractivity contribution in [1.29, 1.82) is 0 Å². The molecule has 0 amide bonds. The number of pyridine rings is 1. The molecular weight excluding hydrogens is 514 g/mol. The zero-order valence-electron chi connectivity index (χ0n) is 21.7. The third kappa shape index (κ3) is 5.82. The maximum atomic E-state index is 14.3. The third-order valence-electron chi connectivity index (χ3n) is 7.86. The molecule has 2 saturated heterocycles. The van der Waals surface area contributed by atoms with Crippen molar-refractivity contribution in [3.8, 4) is 0 Å². The largest absolute Gasteiger partial charge is 0.451 e. The van der Waals surface area contributed by atoms with Crippen LogP contribution in [-0.2, 0) is 11.3 Å². The number of piperazine rings is 1. The smallest absolute Gasteiger partial charge is 0.241 e. The van der Waals surface area contributed by atoms with Crippen LogP contribution in [0.15, 0.2) is 35.6 Å². The van der Waals surface area contributed by atoms with Gasteiger partial charge in [0.25, 0.3) is 0 Å². The number of likely N-dealkylation sites (tertiary alicyclic amines) is 1. The van der Waals surface area contributed by atoms with E-state index in [9.17, 15) is 4.39 Å². The average molecular weight is 550 g/mol. The van der Waals surface area contributed by atoms with E-state index in [1.54, 1.807) is 23.3 Å². The van der Waals surface area contributed by atoms with Crippen LogP contribution in [0.5, 0.6) is 0 Å². The number of hydrazone groups is 1. The van der Waals surface area contributed by atoms with Gasteiger partial charge < -0.3 is 9.64 Å². The first-order valence-electron chi connectivity index (χ1n) is 13.1. The molecule has 2 fully saturated rings. The van der Waals surface area contributed by atoms with Gasteiger partial charge in [0, 0.05) is 62.1 Å². The Balaban J connectivity index is 1.18. The van der Waals surface area contributed by atoms with E-state index in [0.29, 0.717) is 40.1 Å². The summed E-state index contributed by atoms with van der Waals surface area (Å²) in [6.07, 6.45) is 4.95. The molecule has 1 aromatic carbocycles. The van der Waals surface area contributed by atoms with Crippen LogP contribution in [0.1, 0.15) is 44.2 Å². The Hall–Kier alpha value is -2.13. The summed E-state index contributed by atoms with van der Waals surface area (Å²) < 4.78 is 20.1. The van der Waals surface area contributed by atoms with Gasteiger partial charge in [-0.25, -0.2) is 9.37 Å². The Morgan fingerprint density at radius 1 is 1.11 bits per heavy atom. The molecule has 3 aliphatic heterocycles. The van der Waals surface area contributed by atoms with E-state index < -0.39 is 0 Å². The molecule has 10 heteroatoms. The lowest BCUT2D eigenvalue weighted by Crippen LogP contribution is -2.58. The quantitative estimate of drug-likeness (QED) is 0.502. The fraction of sp³-hybridized carbons (Fsp3) is 0.556. The summed E-state index contributed by atoms with van der Waals surface area (Å²) in [5.41, 5.74) is 1.51. The van der Waals surface area contributed by atoms with Crippen molar-refractivity contribution in [2.24, 2.45) is 5.10 Å². The molecule has 5 rings (SSSR count). The van der Waals surface area contributed by atoms with E-state index in [1.807, 2.05) is 20.0 Å². The molecule has 0 bridgehead atoms. The van der Waals surface area contributed by atoms with Crippen LogP contribution in [0.25, 0.3) is 0 Å². The Morgan fingerprint density at radius 2 is 1.89 bits per heavy atom. The molecule has 0 saturated carbocycles. The maximum Gasteiger partial charge on any atom is 0.241 e. The topological polar surface area (TPSA) is 47.4 Å². The van der Waals surface area contributed by atoms with Gasteiger partial charge in [0.2, 0.25) is 5.90 Å². The van der Waals surface area contributed by atoms with Crippen molar-refractivity contribution < 1.29 is 9.13 Å². The molecule has 3 aliphatic rings. The zero-order chi connectivity index (χ0) is 26.1. The summed E-state index contributed by atoms with van der Waals surface area (Å²) >= 11 is 12.6. The van der Waals surface area contributed by atoms with Gasteiger partial charge >= 0.3 is 0 Å². The first kappa shape index (κ1) is 26.5. The van der Waals surface area contributed by atoms with Gasteiger partial charge in [-0.1, -0.05) is 36.2 Å². The molecule has 37 heavy (non-hydrogen) atoms. The molecular formula is C27H35Cl2FN6O. The molecule has 2 atom stereocenters. The first-order chi connectivity index (χ1) is 17.8. The lowest BCUT2D eigenvalue weighted by Gasteiger charge is -2.47. The van der Waals surface area contributed by atoms with Gasteiger partial charge in [0.15, 0.2) is 6.23 Å². The van der Waals surface area contributed by atoms with Gasteiger partial charge in [-0.3, -0.25) is 14.8 Å². The van der Waals surface area contributed by atoms with Crippen LogP contribution in [0, 0.1) is 5.82 Å². The van der Waals surface area contributed by atoms with E-state index >= 15 is 0 Å². The second-order valence-electron chi connectivity index (χ2n) is 10.2. The Kier molecular flexibility index (Phi) is 8.10. The van der Waals surface area contributed by atoms with E-state index in [2.05, 4.69) is 26.7 Å². The highest BCUT2D eigenvalue weighted by Crippen LogP contribution is 2.30. The number of anilines is 1. The summed E-state index contributed by atoms with van der Waals surface area (Å²) in [6.45, 7) is 9.54. The van der Waals surface area contributed by atoms with Crippen LogP contribution >= 0.6 is 23.2 Å². The van der Waals surface area contributed by atoms with Gasteiger partial charge in [0.1, 0.15) is 11.6 Å². The maximum absolute atomic E-state index is 14.3. The molecule has 200 valence electrons. The Labute approximate surface area is 228 Å². The number of piperidine rings is 1. The lowest BCUT2D eigenvalue weighted by atomic mass is 9.97. The normalized spacial score (nSPS) is 23.9. The lowest BCUT2D eigenvalue weighted by molar-refractivity contribution is 0.0607. The van der Waals surface area contributed by atoms with Gasteiger partial charge in [0.05, 0.1) is 10.6 Å². The molecule has 7 nitrogen and oxygen atoms in total. The summed E-state index contributed by atoms with van der Waals surface area (Å²) in [7, 11) is 1.88. The Morgan fingerprint density at radius 3 is 2.54 bits per heavy atom. The van der Waals surface area contributed by atoms with Crippen LogP contribution in [0.3, 0.4) is 0 Å². The van der Waals surface area contributed by atoms with E-state index in [1.165, 1.54) is 6.07 Å². The second-order valence-corrected chi connectivity index (χ2v) is 11.1. The summed E-state index contributed by atoms with van der Waals surface area (Å²) in [6, 6.07) is 7.85. The number of benzene rings is 1. The molecule has 0 aliphatic carbocycles. The number of hydrogen-bond acceptors (Lipinski definition) is 7. The molecule has 4 heterocycles. The zero-order valence-corrected chi connectivity index (χ0v) is 23.2. The number of halogens is 3. The Bertz CT molecular complexity index is 1140. The van der Waals surface area contributed by atoms with Gasteiger partial charge in [-0.15, -0.1) is 5.10 Å². The summed E-state index contributed by atoms with van der Waals surface area (Å²) in [4.78, 5) is 12.0. The van der Waals surface area contributed by atoms with Gasteiger partial charge in [-0.05, 0) is 57.5 Å². The van der Waals surface area contributed by atoms with Crippen LogP contribution < -0.4 is 4.90 Å². The van der Waals surface area contributed by atoms with Crippen molar-refractivity contribution in [2.45, 2.75) is 58.0 Å². The van der Waals surface area contributed by atoms with Crippen molar-refractivity contribution >= 4 is 34.9 Å². The first-order valence-corrected chi connectivity index (χ1v) is 13.9. The number of ether oxygens (including phenoxy) is 1. The molecule has 0 N–H and O–H groups in total. The predicted molar refractivity (Wildman–Crippen MR) is 147 cm³/mol. The number of nitrogens with zero attached hydrogens (tertiary/aromatic N) is 6. The molecule has 2 aromatic rings. The standard InChI is InChI=1S/C27H35Cl2FN6O/c1-4-22-17-35(26-24(29)13-20(15-31-26)27-32-33(3)18(2)37-27)11-12-36(22)23-7-9-34(10-8-23)16-19-5-6-21(28)14-25(19)30/h5-6,13-15,18,22-23H,4,7-12,16-17H2,1-3H3/t18?,22-/m0/s1. The van der Waals surface area contributed by atoms with E-state index in [0.717, 1.165) is 63.4 Å². The predicted octanol–water partition coefficient (Wildman–Crippen LogP) is 5.06. The molecule has 1 unspecified atom stereocenters. The van der Waals surface area contributed by atoms with Crippen LogP contribution in [-0.4, -0.2) is 83.8 Å². The van der Waals surface area contributed by atoms with Crippen LogP contribution in [0.4, 0.5) is 10.2 Å². The molecule has 0 radical (unpaired) electrons. The minimum atomic E-state index is -0.220.